The first-order valence-electron chi connectivity index (χ1n) is 6.35. The Kier molecular flexibility index (Phi) is 3.74. The van der Waals surface area contributed by atoms with Gasteiger partial charge < -0.3 is 15.0 Å². The summed E-state index contributed by atoms with van der Waals surface area (Å²) in [4.78, 5) is 20.3. The lowest BCUT2D eigenvalue weighted by atomic mass is 10.1. The molecule has 0 spiro atoms. The van der Waals surface area contributed by atoms with Crippen LogP contribution >= 0.6 is 0 Å². The van der Waals surface area contributed by atoms with Crippen LogP contribution in [0, 0.1) is 12.8 Å². The van der Waals surface area contributed by atoms with Gasteiger partial charge >= 0.3 is 5.97 Å². The third-order valence-corrected chi connectivity index (χ3v) is 3.13. The first kappa shape index (κ1) is 13.4. The minimum absolute atomic E-state index is 0.113. The van der Waals surface area contributed by atoms with Crippen molar-refractivity contribution in [2.24, 2.45) is 5.92 Å². The molecule has 0 saturated carbocycles. The fourth-order valence-electron chi connectivity index (χ4n) is 2.30. The van der Waals surface area contributed by atoms with Gasteiger partial charge in [0.1, 0.15) is 5.82 Å². The van der Waals surface area contributed by atoms with E-state index in [0.717, 1.165) is 22.5 Å². The third-order valence-electron chi connectivity index (χ3n) is 3.13. The molecule has 2 rings (SSSR count). The average molecular weight is 261 g/mol. The number of fused-ring (bicyclic) bond motifs is 1. The molecule has 0 aliphatic heterocycles. The second-order valence-electron chi connectivity index (χ2n) is 5.11. The molecule has 1 aromatic carbocycles. The SMILES string of the molecule is Cc1nc2ccc(N(C)CC(C)CC(=O)O)cc2[nH]1. The first-order chi connectivity index (χ1) is 8.95. The molecule has 1 unspecified atom stereocenters. The van der Waals surface area contributed by atoms with Crippen molar-refractivity contribution in [3.8, 4) is 0 Å². The monoisotopic (exact) mass is 261 g/mol. The van der Waals surface area contributed by atoms with Crippen LogP contribution in [0.3, 0.4) is 0 Å². The van der Waals surface area contributed by atoms with Crippen molar-refractivity contribution in [2.45, 2.75) is 20.3 Å². The topological polar surface area (TPSA) is 69.2 Å². The van der Waals surface area contributed by atoms with Crippen LogP contribution in [0.25, 0.3) is 11.0 Å². The number of aromatic amines is 1. The average Bonchev–Trinajstić information content (AvgIpc) is 2.66. The molecular formula is C14H19N3O2. The zero-order valence-electron chi connectivity index (χ0n) is 11.5. The van der Waals surface area contributed by atoms with Gasteiger partial charge in [0.15, 0.2) is 0 Å². The lowest BCUT2D eigenvalue weighted by Crippen LogP contribution is -2.25. The number of carboxylic acid groups (broad SMARTS) is 1. The van der Waals surface area contributed by atoms with Crippen LogP contribution in [-0.2, 0) is 4.79 Å². The summed E-state index contributed by atoms with van der Waals surface area (Å²) in [6.45, 7) is 4.59. The highest BCUT2D eigenvalue weighted by Gasteiger charge is 2.11. The molecule has 1 atom stereocenters. The van der Waals surface area contributed by atoms with Crippen molar-refractivity contribution in [1.29, 1.82) is 0 Å². The van der Waals surface area contributed by atoms with Crippen molar-refractivity contribution in [3.05, 3.63) is 24.0 Å². The number of carbonyl (C=O) groups is 1. The molecular weight excluding hydrogens is 242 g/mol. The highest BCUT2D eigenvalue weighted by atomic mass is 16.4. The van der Waals surface area contributed by atoms with Crippen molar-refractivity contribution >= 4 is 22.7 Å². The molecule has 2 aromatic rings. The molecule has 1 heterocycles. The van der Waals surface area contributed by atoms with Crippen LogP contribution in [0.15, 0.2) is 18.2 Å². The van der Waals surface area contributed by atoms with Crippen molar-refractivity contribution in [2.75, 3.05) is 18.5 Å². The summed E-state index contributed by atoms with van der Waals surface area (Å²) in [5.74, 6) is 0.260. The van der Waals surface area contributed by atoms with Crippen LogP contribution < -0.4 is 4.90 Å². The van der Waals surface area contributed by atoms with E-state index in [-0.39, 0.29) is 12.3 Å². The first-order valence-corrected chi connectivity index (χ1v) is 6.35. The Labute approximate surface area is 112 Å². The van der Waals surface area contributed by atoms with Gasteiger partial charge in [-0.15, -0.1) is 0 Å². The van der Waals surface area contributed by atoms with E-state index in [9.17, 15) is 4.79 Å². The molecule has 5 nitrogen and oxygen atoms in total. The second-order valence-corrected chi connectivity index (χ2v) is 5.11. The Bertz CT molecular complexity index is 591. The zero-order valence-corrected chi connectivity index (χ0v) is 11.5. The highest BCUT2D eigenvalue weighted by molar-refractivity contribution is 5.79. The van der Waals surface area contributed by atoms with Gasteiger partial charge in [0.2, 0.25) is 0 Å². The van der Waals surface area contributed by atoms with Gasteiger partial charge in [-0.2, -0.15) is 0 Å². The number of hydrogen-bond donors (Lipinski definition) is 2. The fraction of sp³-hybridized carbons (Fsp3) is 0.429. The van der Waals surface area contributed by atoms with E-state index in [4.69, 9.17) is 5.11 Å². The summed E-state index contributed by atoms with van der Waals surface area (Å²) in [6, 6.07) is 6.03. The van der Waals surface area contributed by atoms with Crippen LogP contribution in [0.2, 0.25) is 0 Å². The number of carboxylic acids is 1. The summed E-state index contributed by atoms with van der Waals surface area (Å²) >= 11 is 0. The van der Waals surface area contributed by atoms with Gasteiger partial charge in [0.05, 0.1) is 11.0 Å². The van der Waals surface area contributed by atoms with Crippen molar-refractivity contribution in [3.63, 3.8) is 0 Å². The van der Waals surface area contributed by atoms with Crippen molar-refractivity contribution < 1.29 is 9.90 Å². The van der Waals surface area contributed by atoms with Gasteiger partial charge in [-0.3, -0.25) is 4.79 Å². The van der Waals surface area contributed by atoms with E-state index in [0.29, 0.717) is 6.54 Å². The molecule has 0 saturated heterocycles. The maximum absolute atomic E-state index is 10.7. The number of H-pyrrole nitrogens is 1. The van der Waals surface area contributed by atoms with Crippen LogP contribution in [0.5, 0.6) is 0 Å². The van der Waals surface area contributed by atoms with E-state index < -0.39 is 5.97 Å². The van der Waals surface area contributed by atoms with E-state index in [1.807, 2.05) is 39.1 Å². The molecule has 0 fully saturated rings. The van der Waals surface area contributed by atoms with Gasteiger partial charge in [0.25, 0.3) is 0 Å². The number of aliphatic carboxylic acids is 1. The number of anilines is 1. The number of rotatable bonds is 5. The normalized spacial score (nSPS) is 12.6. The number of aryl methyl sites for hydroxylation is 1. The Balaban J connectivity index is 2.12. The predicted molar refractivity (Wildman–Crippen MR) is 75.5 cm³/mol. The molecule has 0 aliphatic carbocycles. The standard InChI is InChI=1S/C14H19N3O2/c1-9(6-14(18)19)8-17(3)11-4-5-12-13(7-11)16-10(2)15-12/h4-5,7,9H,6,8H2,1-3H3,(H,15,16)(H,18,19). The molecule has 0 bridgehead atoms. The smallest absolute Gasteiger partial charge is 0.303 e. The lowest BCUT2D eigenvalue weighted by Gasteiger charge is -2.22. The lowest BCUT2D eigenvalue weighted by molar-refractivity contribution is -0.137. The molecule has 102 valence electrons. The molecule has 5 heteroatoms. The number of benzene rings is 1. The summed E-state index contributed by atoms with van der Waals surface area (Å²) < 4.78 is 0. The zero-order chi connectivity index (χ0) is 14.0. The van der Waals surface area contributed by atoms with E-state index in [1.165, 1.54) is 0 Å². The number of nitrogens with zero attached hydrogens (tertiary/aromatic N) is 2. The molecule has 0 radical (unpaired) electrons. The summed E-state index contributed by atoms with van der Waals surface area (Å²) in [5.41, 5.74) is 3.02. The molecule has 1 aromatic heterocycles. The van der Waals surface area contributed by atoms with Crippen LogP contribution in [0.1, 0.15) is 19.2 Å². The predicted octanol–water partition coefficient (Wildman–Crippen LogP) is 2.42. The number of nitrogens with one attached hydrogen (secondary N) is 1. The number of imidazole rings is 1. The Morgan fingerprint density at radius 3 is 2.95 bits per heavy atom. The van der Waals surface area contributed by atoms with Gasteiger partial charge in [0, 0.05) is 25.7 Å². The molecule has 0 amide bonds. The summed E-state index contributed by atoms with van der Waals surface area (Å²) in [7, 11) is 1.97. The number of aromatic nitrogens is 2. The number of hydrogen-bond acceptors (Lipinski definition) is 3. The summed E-state index contributed by atoms with van der Waals surface area (Å²) in [6.07, 6.45) is 0.190. The van der Waals surface area contributed by atoms with Crippen molar-refractivity contribution in [1.82, 2.24) is 9.97 Å². The van der Waals surface area contributed by atoms with Gasteiger partial charge in [-0.05, 0) is 31.0 Å². The quantitative estimate of drug-likeness (QED) is 0.867. The molecule has 2 N–H and O–H groups in total. The maximum atomic E-state index is 10.7. The highest BCUT2D eigenvalue weighted by Crippen LogP contribution is 2.21. The minimum atomic E-state index is -0.749. The second kappa shape index (κ2) is 5.30. The Morgan fingerprint density at radius 1 is 1.53 bits per heavy atom. The molecule has 0 aliphatic rings. The van der Waals surface area contributed by atoms with Crippen LogP contribution in [-0.4, -0.2) is 34.6 Å². The Morgan fingerprint density at radius 2 is 2.26 bits per heavy atom. The van der Waals surface area contributed by atoms with Crippen LogP contribution in [0.4, 0.5) is 5.69 Å². The third kappa shape index (κ3) is 3.24. The maximum Gasteiger partial charge on any atom is 0.303 e. The van der Waals surface area contributed by atoms with E-state index >= 15 is 0 Å². The van der Waals surface area contributed by atoms with Gasteiger partial charge in [-0.25, -0.2) is 4.98 Å². The van der Waals surface area contributed by atoms with E-state index in [2.05, 4.69) is 14.9 Å². The summed E-state index contributed by atoms with van der Waals surface area (Å²) in [5, 5.41) is 8.78. The molecule has 19 heavy (non-hydrogen) atoms. The fourth-order valence-corrected chi connectivity index (χ4v) is 2.30. The van der Waals surface area contributed by atoms with Gasteiger partial charge in [-0.1, -0.05) is 6.92 Å². The largest absolute Gasteiger partial charge is 0.481 e. The Hall–Kier alpha value is -2.04. The minimum Gasteiger partial charge on any atom is -0.481 e. The van der Waals surface area contributed by atoms with E-state index in [1.54, 1.807) is 0 Å².